The van der Waals surface area contributed by atoms with Gasteiger partial charge in [-0.15, -0.1) is 28.7 Å². The second-order valence-electron chi connectivity index (χ2n) is 10.9. The van der Waals surface area contributed by atoms with E-state index in [9.17, 15) is 4.79 Å². The number of carbonyl (C=O) groups is 1. The Morgan fingerprint density at radius 2 is 1.56 bits per heavy atom. The van der Waals surface area contributed by atoms with E-state index < -0.39 is 0 Å². The van der Waals surface area contributed by atoms with Crippen molar-refractivity contribution in [2.24, 2.45) is 0 Å². The van der Waals surface area contributed by atoms with E-state index in [1.54, 1.807) is 7.11 Å². The molecule has 0 saturated heterocycles. The van der Waals surface area contributed by atoms with Crippen LogP contribution < -0.4 is 14.8 Å². The van der Waals surface area contributed by atoms with E-state index in [1.165, 1.54) is 81.9 Å². The third kappa shape index (κ3) is 13.6. The summed E-state index contributed by atoms with van der Waals surface area (Å²) < 4.78 is 11.6. The fourth-order valence-electron chi connectivity index (χ4n) is 5.02. The van der Waals surface area contributed by atoms with Crippen molar-refractivity contribution in [1.29, 1.82) is 0 Å². The number of benzene rings is 2. The third-order valence-electron chi connectivity index (χ3n) is 7.42. The van der Waals surface area contributed by atoms with Gasteiger partial charge in [0.15, 0.2) is 11.5 Å². The smallest absolute Gasteiger partial charge is 0.228 e. The first kappa shape index (κ1) is 35.1. The highest BCUT2D eigenvalue weighted by molar-refractivity contribution is 8.93. The number of halogens is 1. The number of unbranched alkanes of at least 4 members (excludes halogenated alkanes) is 11. The molecule has 0 atom stereocenters. The number of hydrogen-bond donors (Lipinski definition) is 1. The molecule has 1 N–H and O–H groups in total. The number of carbonyl (C=O) groups excluding carboxylic acids is 1. The molecule has 0 bridgehead atoms. The van der Waals surface area contributed by atoms with Crippen LogP contribution in [-0.4, -0.2) is 30.4 Å². The van der Waals surface area contributed by atoms with E-state index >= 15 is 0 Å². The molecule has 0 fully saturated rings. The Labute approximate surface area is 263 Å². The minimum absolute atomic E-state index is 0. The number of nitrogens with zero attached hydrogens (tertiary/aromatic N) is 1. The first-order valence-electron chi connectivity index (χ1n) is 15.3. The predicted octanol–water partition coefficient (Wildman–Crippen LogP) is 9.90. The van der Waals surface area contributed by atoms with Gasteiger partial charge in [0.25, 0.3) is 0 Å². The summed E-state index contributed by atoms with van der Waals surface area (Å²) in [4.78, 5) is 15.2. The number of methoxy groups -OCH3 is 1. The van der Waals surface area contributed by atoms with Gasteiger partial charge in [0.05, 0.1) is 26.0 Å². The highest BCUT2D eigenvalue weighted by atomic mass is 79.9. The molecule has 2 aromatic rings. The van der Waals surface area contributed by atoms with Crippen LogP contribution in [0.1, 0.15) is 102 Å². The van der Waals surface area contributed by atoms with Crippen molar-refractivity contribution in [3.8, 4) is 11.5 Å². The Hall–Kier alpha value is -2.12. The Bertz CT molecular complexity index is 1060. The van der Waals surface area contributed by atoms with E-state index in [0.717, 1.165) is 30.1 Å². The molecular weight excluding hydrogens is 596 g/mol. The van der Waals surface area contributed by atoms with Crippen LogP contribution in [0, 0.1) is 0 Å². The lowest BCUT2D eigenvalue weighted by Crippen LogP contribution is -2.17. The molecule has 1 heterocycles. The minimum Gasteiger partial charge on any atom is -0.493 e. The Morgan fingerprint density at radius 1 is 0.878 bits per heavy atom. The van der Waals surface area contributed by atoms with Crippen LogP contribution >= 0.6 is 28.7 Å². The largest absolute Gasteiger partial charge is 0.493 e. The van der Waals surface area contributed by atoms with Gasteiger partial charge < -0.3 is 19.7 Å². The Balaban J connectivity index is 0.00000588. The van der Waals surface area contributed by atoms with Crippen molar-refractivity contribution in [2.45, 2.75) is 104 Å². The monoisotopic (exact) mass is 646 g/mol. The molecule has 228 valence electrons. The van der Waals surface area contributed by atoms with Gasteiger partial charge in [0.1, 0.15) is 0 Å². The zero-order valence-electron chi connectivity index (χ0n) is 25.4. The van der Waals surface area contributed by atoms with E-state index in [4.69, 9.17) is 9.47 Å². The number of hydrogen-bond acceptors (Lipinski definition) is 5. The van der Waals surface area contributed by atoms with Crippen molar-refractivity contribution in [1.82, 2.24) is 4.90 Å². The van der Waals surface area contributed by atoms with Crippen LogP contribution in [0.5, 0.6) is 11.5 Å². The zero-order valence-corrected chi connectivity index (χ0v) is 28.0. The molecular formula is C34H51BrN2O3S. The van der Waals surface area contributed by atoms with Gasteiger partial charge in [0.2, 0.25) is 5.91 Å². The maximum absolute atomic E-state index is 12.8. The van der Waals surface area contributed by atoms with Crippen molar-refractivity contribution in [2.75, 3.05) is 24.9 Å². The molecule has 0 spiro atoms. The fraction of sp³-hybridized carbons (Fsp3) is 0.559. The van der Waals surface area contributed by atoms with E-state index in [1.807, 2.05) is 42.1 Å². The summed E-state index contributed by atoms with van der Waals surface area (Å²) in [5, 5.41) is 5.25. The van der Waals surface area contributed by atoms with E-state index in [-0.39, 0.29) is 29.3 Å². The highest BCUT2D eigenvalue weighted by Crippen LogP contribution is 2.29. The molecule has 5 nitrogen and oxygen atoms in total. The summed E-state index contributed by atoms with van der Waals surface area (Å²) in [7, 11) is 1.66. The van der Waals surface area contributed by atoms with Gasteiger partial charge in [-0.3, -0.25) is 4.79 Å². The van der Waals surface area contributed by atoms with Crippen LogP contribution in [-0.2, 0) is 17.8 Å². The lowest BCUT2D eigenvalue weighted by molar-refractivity contribution is -0.115. The summed E-state index contributed by atoms with van der Waals surface area (Å²) in [6.07, 6.45) is 16.1. The fourth-order valence-corrected chi connectivity index (χ4v) is 5.96. The summed E-state index contributed by atoms with van der Waals surface area (Å²) in [6, 6.07) is 13.9. The molecule has 1 amide bonds. The predicted molar refractivity (Wildman–Crippen MR) is 180 cm³/mol. The van der Waals surface area contributed by atoms with Gasteiger partial charge in [-0.1, -0.05) is 95.8 Å². The van der Waals surface area contributed by atoms with Crippen LogP contribution in [0.15, 0.2) is 53.6 Å². The second-order valence-corrected chi connectivity index (χ2v) is 11.7. The molecule has 1 aliphatic heterocycles. The number of anilines is 1. The molecule has 0 saturated carbocycles. The third-order valence-corrected chi connectivity index (χ3v) is 8.38. The molecule has 0 aromatic heterocycles. The molecule has 0 unspecified atom stereocenters. The quantitative estimate of drug-likeness (QED) is 0.145. The maximum atomic E-state index is 12.8. The Kier molecular flexibility index (Phi) is 17.7. The van der Waals surface area contributed by atoms with Crippen molar-refractivity contribution in [3.63, 3.8) is 0 Å². The van der Waals surface area contributed by atoms with Crippen molar-refractivity contribution < 1.29 is 14.3 Å². The number of ether oxygens (including phenoxy) is 2. The average Bonchev–Trinajstić information content (AvgIpc) is 3.35. The summed E-state index contributed by atoms with van der Waals surface area (Å²) in [5.74, 6) is 2.36. The van der Waals surface area contributed by atoms with Crippen LogP contribution in [0.4, 0.5) is 5.69 Å². The second kappa shape index (κ2) is 20.7. The molecule has 2 aromatic carbocycles. The number of rotatable bonds is 20. The van der Waals surface area contributed by atoms with Gasteiger partial charge in [-0.05, 0) is 54.1 Å². The number of amides is 1. The first-order chi connectivity index (χ1) is 19.6. The van der Waals surface area contributed by atoms with Crippen LogP contribution in [0.2, 0.25) is 0 Å². The van der Waals surface area contributed by atoms with Crippen LogP contribution in [0.3, 0.4) is 0 Å². The molecule has 41 heavy (non-hydrogen) atoms. The summed E-state index contributed by atoms with van der Waals surface area (Å²) >= 11 is 1.82. The standard InChI is InChI=1S/C34H50N2O3S.BrH/c1-4-5-6-7-8-9-10-11-12-13-14-15-21-39-33-23-29(19-20-32(33)38-3)24-34(37)35-31-18-16-17-30(22-31)25-36-27-40-26-28(36)2;/h16-20,22-23,26H,4-15,21,24-25,27H2,1-3H3,(H,35,37);1H. The molecule has 3 rings (SSSR count). The lowest BCUT2D eigenvalue weighted by atomic mass is 10.1. The first-order valence-corrected chi connectivity index (χ1v) is 16.4. The average molecular weight is 648 g/mol. The zero-order chi connectivity index (χ0) is 28.4. The number of nitrogens with one attached hydrogen (secondary N) is 1. The van der Waals surface area contributed by atoms with Crippen LogP contribution in [0.25, 0.3) is 0 Å². The number of allylic oxidation sites excluding steroid dienone is 1. The van der Waals surface area contributed by atoms with Gasteiger partial charge in [-0.2, -0.15) is 0 Å². The molecule has 0 aliphatic carbocycles. The highest BCUT2D eigenvalue weighted by Gasteiger charge is 2.13. The molecule has 0 radical (unpaired) electrons. The van der Waals surface area contributed by atoms with Gasteiger partial charge in [0, 0.05) is 17.9 Å². The van der Waals surface area contributed by atoms with E-state index in [0.29, 0.717) is 18.1 Å². The SMILES string of the molecule is Br.CCCCCCCCCCCCCCOc1cc(CC(=O)Nc2cccc(CN3CSC=C3C)c2)ccc1OC. The normalized spacial score (nSPS) is 12.6. The van der Waals surface area contributed by atoms with E-state index in [2.05, 4.69) is 41.6 Å². The van der Waals surface area contributed by atoms with Gasteiger partial charge in [-0.25, -0.2) is 0 Å². The summed E-state index contributed by atoms with van der Waals surface area (Å²) in [5.41, 5.74) is 4.21. The Morgan fingerprint density at radius 3 is 2.20 bits per heavy atom. The lowest BCUT2D eigenvalue weighted by Gasteiger charge is -2.19. The van der Waals surface area contributed by atoms with Crippen molar-refractivity contribution >= 4 is 40.3 Å². The van der Waals surface area contributed by atoms with Crippen molar-refractivity contribution in [3.05, 3.63) is 64.7 Å². The number of thioether (sulfide) groups is 1. The summed E-state index contributed by atoms with van der Waals surface area (Å²) in [6.45, 7) is 5.92. The van der Waals surface area contributed by atoms with Gasteiger partial charge >= 0.3 is 0 Å². The molecule has 1 aliphatic rings. The topological polar surface area (TPSA) is 50.8 Å². The minimum atomic E-state index is -0.0398. The maximum Gasteiger partial charge on any atom is 0.228 e. The molecule has 7 heteroatoms.